The van der Waals surface area contributed by atoms with E-state index in [0.29, 0.717) is 11.4 Å². The molecule has 10 nitrogen and oxygen atoms in total. The lowest BCUT2D eigenvalue weighted by atomic mass is 10.1. The molecule has 2 N–H and O–H groups in total. The fraction of sp³-hybridized carbons (Fsp3) is 0.115. The molecule has 0 saturated heterocycles. The Morgan fingerprint density at radius 2 is 1.45 bits per heavy atom. The minimum atomic E-state index is -4.05. The third-order valence-electron chi connectivity index (χ3n) is 5.64. The van der Waals surface area contributed by atoms with Crippen LogP contribution in [0.5, 0.6) is 0 Å². The second kappa shape index (κ2) is 11.0. The van der Waals surface area contributed by atoms with E-state index in [1.54, 1.807) is 42.5 Å². The number of hydrogen-bond donors (Lipinski definition) is 2. The highest BCUT2D eigenvalue weighted by Crippen LogP contribution is 2.26. The molecule has 0 aliphatic heterocycles. The third kappa shape index (κ3) is 6.15. The summed E-state index contributed by atoms with van der Waals surface area (Å²) in [5, 5.41) is 2.64. The number of aromatic nitrogens is 2. The zero-order valence-corrected chi connectivity index (χ0v) is 22.2. The summed E-state index contributed by atoms with van der Waals surface area (Å²) in [5.41, 5.74) is 2.51. The molecule has 1 heterocycles. The summed E-state index contributed by atoms with van der Waals surface area (Å²) in [6.07, 6.45) is 2.81. The van der Waals surface area contributed by atoms with E-state index < -0.39 is 32.5 Å². The number of nitrogens with one attached hydrogen (secondary N) is 2. The second-order valence-corrected chi connectivity index (χ2v) is 11.9. The zero-order chi connectivity index (χ0) is 27.3. The Morgan fingerprint density at radius 1 is 0.789 bits per heavy atom. The van der Waals surface area contributed by atoms with E-state index >= 15 is 0 Å². The van der Waals surface area contributed by atoms with Gasteiger partial charge in [0.2, 0.25) is 11.9 Å². The number of sulfonamides is 2. The Kier molecular flexibility index (Phi) is 7.74. The van der Waals surface area contributed by atoms with Gasteiger partial charge in [0.1, 0.15) is 6.54 Å². The van der Waals surface area contributed by atoms with E-state index in [0.717, 1.165) is 15.4 Å². The van der Waals surface area contributed by atoms with Gasteiger partial charge in [0.15, 0.2) is 0 Å². The first-order chi connectivity index (χ1) is 18.1. The van der Waals surface area contributed by atoms with Crippen molar-refractivity contribution in [1.29, 1.82) is 0 Å². The Hall–Kier alpha value is -4.29. The third-order valence-corrected chi connectivity index (χ3v) is 8.77. The molecule has 0 atom stereocenters. The largest absolute Gasteiger partial charge is 0.325 e. The number of benzene rings is 3. The van der Waals surface area contributed by atoms with Gasteiger partial charge in [-0.15, -0.1) is 0 Å². The smallest absolute Gasteiger partial charge is 0.264 e. The van der Waals surface area contributed by atoms with Crippen LogP contribution < -0.4 is 14.3 Å². The standard InChI is InChI=1S/C26H25N5O5S2/c1-19-9-12-22(17-20(19)2)31(38(35,36)24-7-4-3-5-8-24)18-25(32)29-21-10-13-23(14-11-21)37(33,34)30-26-27-15-6-16-28-26/h3-17H,18H2,1-2H3,(H,29,32)(H,27,28,30). The van der Waals surface area contributed by atoms with Crippen LogP contribution in [0.25, 0.3) is 0 Å². The number of aryl methyl sites for hydroxylation is 2. The van der Waals surface area contributed by atoms with Gasteiger partial charge in [-0.1, -0.05) is 24.3 Å². The van der Waals surface area contributed by atoms with Gasteiger partial charge >= 0.3 is 0 Å². The van der Waals surface area contributed by atoms with Crippen LogP contribution >= 0.6 is 0 Å². The molecule has 4 rings (SSSR count). The normalized spacial score (nSPS) is 11.5. The number of amides is 1. The predicted octanol–water partition coefficient (Wildman–Crippen LogP) is 3.73. The SMILES string of the molecule is Cc1ccc(N(CC(=O)Nc2ccc(S(=O)(=O)Nc3ncccn3)cc2)S(=O)(=O)c2ccccc2)cc1C. The van der Waals surface area contributed by atoms with Crippen LogP contribution in [0.3, 0.4) is 0 Å². The number of carbonyl (C=O) groups is 1. The topological polar surface area (TPSA) is 138 Å². The Labute approximate surface area is 221 Å². The number of rotatable bonds is 9. The molecule has 0 aliphatic carbocycles. The number of hydrogen-bond acceptors (Lipinski definition) is 7. The average Bonchev–Trinajstić information content (AvgIpc) is 2.90. The summed E-state index contributed by atoms with van der Waals surface area (Å²) in [4.78, 5) is 20.6. The van der Waals surface area contributed by atoms with E-state index in [1.165, 1.54) is 48.8 Å². The van der Waals surface area contributed by atoms with Crippen molar-refractivity contribution in [3.8, 4) is 0 Å². The van der Waals surface area contributed by atoms with Gasteiger partial charge in [-0.25, -0.2) is 31.5 Å². The highest BCUT2D eigenvalue weighted by Gasteiger charge is 2.27. The molecule has 0 spiro atoms. The highest BCUT2D eigenvalue weighted by atomic mass is 32.2. The molecule has 0 bridgehead atoms. The Bertz CT molecular complexity index is 1650. The van der Waals surface area contributed by atoms with Gasteiger partial charge in [-0.3, -0.25) is 9.10 Å². The molecule has 38 heavy (non-hydrogen) atoms. The first kappa shape index (κ1) is 26.8. The predicted molar refractivity (Wildman–Crippen MR) is 145 cm³/mol. The Balaban J connectivity index is 1.54. The summed E-state index contributed by atoms with van der Waals surface area (Å²) in [7, 11) is -8.00. The first-order valence-electron chi connectivity index (χ1n) is 11.4. The average molecular weight is 552 g/mol. The molecule has 0 saturated carbocycles. The summed E-state index contributed by atoms with van der Waals surface area (Å²) in [5.74, 6) is -0.676. The summed E-state index contributed by atoms with van der Waals surface area (Å²) < 4.78 is 55.4. The van der Waals surface area contributed by atoms with E-state index in [2.05, 4.69) is 20.0 Å². The van der Waals surface area contributed by atoms with Gasteiger partial charge < -0.3 is 5.32 Å². The molecule has 4 aromatic rings. The van der Waals surface area contributed by atoms with Crippen LogP contribution in [0.2, 0.25) is 0 Å². The molecule has 0 fully saturated rings. The van der Waals surface area contributed by atoms with Gasteiger partial charge in [0.05, 0.1) is 15.5 Å². The van der Waals surface area contributed by atoms with E-state index in [4.69, 9.17) is 0 Å². The molecule has 3 aromatic carbocycles. The minimum Gasteiger partial charge on any atom is -0.325 e. The van der Waals surface area contributed by atoms with Crippen molar-refractivity contribution in [3.05, 3.63) is 102 Å². The maximum absolute atomic E-state index is 13.5. The molecular weight excluding hydrogens is 526 g/mol. The van der Waals surface area contributed by atoms with Crippen LogP contribution in [0.1, 0.15) is 11.1 Å². The van der Waals surface area contributed by atoms with Crippen molar-refractivity contribution < 1.29 is 21.6 Å². The molecule has 0 unspecified atom stereocenters. The summed E-state index contributed by atoms with van der Waals surface area (Å²) >= 11 is 0. The summed E-state index contributed by atoms with van der Waals surface area (Å²) in [6, 6.07) is 20.0. The number of carbonyl (C=O) groups excluding carboxylic acids is 1. The monoisotopic (exact) mass is 551 g/mol. The van der Waals surface area contributed by atoms with Crippen molar-refractivity contribution in [2.24, 2.45) is 0 Å². The van der Waals surface area contributed by atoms with Crippen molar-refractivity contribution in [2.45, 2.75) is 23.6 Å². The highest BCUT2D eigenvalue weighted by molar-refractivity contribution is 7.93. The van der Waals surface area contributed by atoms with Crippen LogP contribution in [-0.2, 0) is 24.8 Å². The maximum atomic E-state index is 13.5. The molecule has 12 heteroatoms. The minimum absolute atomic E-state index is 0.0514. The molecule has 0 radical (unpaired) electrons. The lowest BCUT2D eigenvalue weighted by Gasteiger charge is -2.25. The van der Waals surface area contributed by atoms with Crippen molar-refractivity contribution in [1.82, 2.24) is 9.97 Å². The van der Waals surface area contributed by atoms with Crippen molar-refractivity contribution in [3.63, 3.8) is 0 Å². The summed E-state index contributed by atoms with van der Waals surface area (Å²) in [6.45, 7) is 3.28. The molecule has 1 aromatic heterocycles. The lowest BCUT2D eigenvalue weighted by molar-refractivity contribution is -0.114. The molecule has 196 valence electrons. The van der Waals surface area contributed by atoms with Crippen LogP contribution in [0.15, 0.2) is 101 Å². The first-order valence-corrected chi connectivity index (χ1v) is 14.3. The van der Waals surface area contributed by atoms with E-state index in [-0.39, 0.29) is 15.7 Å². The maximum Gasteiger partial charge on any atom is 0.264 e. The van der Waals surface area contributed by atoms with E-state index in [9.17, 15) is 21.6 Å². The number of nitrogens with zero attached hydrogens (tertiary/aromatic N) is 3. The van der Waals surface area contributed by atoms with Gasteiger partial charge in [0, 0.05) is 18.1 Å². The molecular formula is C26H25N5O5S2. The van der Waals surface area contributed by atoms with Crippen molar-refractivity contribution in [2.75, 3.05) is 20.9 Å². The second-order valence-electron chi connectivity index (χ2n) is 8.34. The van der Waals surface area contributed by atoms with Gasteiger partial charge in [-0.2, -0.15) is 0 Å². The fourth-order valence-corrected chi connectivity index (χ4v) is 5.89. The van der Waals surface area contributed by atoms with Crippen LogP contribution in [0, 0.1) is 13.8 Å². The molecule has 0 aliphatic rings. The number of anilines is 3. The van der Waals surface area contributed by atoms with Crippen molar-refractivity contribution >= 4 is 43.3 Å². The van der Waals surface area contributed by atoms with E-state index in [1.807, 2.05) is 13.8 Å². The lowest BCUT2D eigenvalue weighted by Crippen LogP contribution is -2.38. The van der Waals surface area contributed by atoms with Crippen LogP contribution in [-0.4, -0.2) is 39.3 Å². The molecule has 1 amide bonds. The zero-order valence-electron chi connectivity index (χ0n) is 20.6. The fourth-order valence-electron chi connectivity index (χ4n) is 3.49. The van der Waals surface area contributed by atoms with Crippen LogP contribution in [0.4, 0.5) is 17.3 Å². The quantitative estimate of drug-likeness (QED) is 0.323. The Morgan fingerprint density at radius 3 is 2.08 bits per heavy atom. The van der Waals surface area contributed by atoms with Gasteiger partial charge in [-0.05, 0) is 79.6 Å². The van der Waals surface area contributed by atoms with Gasteiger partial charge in [0.25, 0.3) is 20.0 Å².